The number of aromatic hydroxyl groups is 1. The van der Waals surface area contributed by atoms with Crippen LogP contribution >= 0.6 is 0 Å². The van der Waals surface area contributed by atoms with Gasteiger partial charge in [-0.05, 0) is 42.2 Å². The first-order chi connectivity index (χ1) is 14.5. The number of carbonyl (C=O) groups is 1. The molecule has 0 amide bonds. The van der Waals surface area contributed by atoms with E-state index in [9.17, 15) is 15.0 Å². The molecule has 156 valence electrons. The maximum Gasteiger partial charge on any atom is 0.331 e. The average Bonchev–Trinajstić information content (AvgIpc) is 3.10. The minimum atomic E-state index is -0.929. The predicted molar refractivity (Wildman–Crippen MR) is 119 cm³/mol. The van der Waals surface area contributed by atoms with E-state index in [2.05, 4.69) is 16.5 Å². The van der Waals surface area contributed by atoms with Crippen molar-refractivity contribution >= 4 is 12.0 Å². The van der Waals surface area contributed by atoms with E-state index in [0.717, 1.165) is 47.5 Å². The number of hydrogen-bond donors (Lipinski definition) is 2. The second-order valence-electron chi connectivity index (χ2n) is 7.55. The summed E-state index contributed by atoms with van der Waals surface area (Å²) in [5.41, 5.74) is 3.91. The molecule has 3 rings (SSSR count). The molecule has 0 radical (unpaired) electrons. The van der Waals surface area contributed by atoms with Crippen molar-refractivity contribution in [1.29, 1.82) is 0 Å². The Kier molecular flexibility index (Phi) is 7.07. The molecule has 0 atom stereocenters. The third kappa shape index (κ3) is 5.38. The van der Waals surface area contributed by atoms with Gasteiger partial charge >= 0.3 is 5.97 Å². The molecule has 0 saturated carbocycles. The standard InChI is InChI=1S/C25H28N2O3/c1-3-4-10-24-26-16-22(27(24)17-20-11-12-23(28)18(2)13-20)15-21(25(29)30)14-19-8-6-5-7-9-19/h5-9,11-13,15-16,28H,3-4,10,14,17H2,1-2H3,(H,29,30). The van der Waals surface area contributed by atoms with Gasteiger partial charge in [0.1, 0.15) is 11.6 Å². The molecular weight excluding hydrogens is 376 g/mol. The predicted octanol–water partition coefficient (Wildman–Crippen LogP) is 5.00. The number of aromatic nitrogens is 2. The van der Waals surface area contributed by atoms with Crippen LogP contribution in [0.1, 0.15) is 48.0 Å². The highest BCUT2D eigenvalue weighted by Gasteiger charge is 2.14. The zero-order valence-electron chi connectivity index (χ0n) is 17.5. The third-order valence-electron chi connectivity index (χ3n) is 5.16. The average molecular weight is 405 g/mol. The van der Waals surface area contributed by atoms with E-state index in [1.807, 2.05) is 49.4 Å². The molecule has 0 aliphatic rings. The second kappa shape index (κ2) is 9.92. The molecule has 5 heteroatoms. The first-order valence-corrected chi connectivity index (χ1v) is 10.3. The van der Waals surface area contributed by atoms with Gasteiger partial charge in [-0.15, -0.1) is 0 Å². The largest absolute Gasteiger partial charge is 0.508 e. The molecule has 0 spiro atoms. The molecule has 2 aromatic carbocycles. The SMILES string of the molecule is CCCCc1ncc(C=C(Cc2ccccc2)C(=O)O)n1Cc1ccc(O)c(C)c1. The number of benzene rings is 2. The molecule has 0 unspecified atom stereocenters. The van der Waals surface area contributed by atoms with Crippen molar-refractivity contribution < 1.29 is 15.0 Å². The highest BCUT2D eigenvalue weighted by molar-refractivity contribution is 5.92. The van der Waals surface area contributed by atoms with Crippen LogP contribution in [0.15, 0.2) is 60.3 Å². The summed E-state index contributed by atoms with van der Waals surface area (Å²) in [6.07, 6.45) is 6.75. The Morgan fingerprint density at radius 1 is 1.13 bits per heavy atom. The van der Waals surface area contributed by atoms with E-state index < -0.39 is 5.97 Å². The number of hydrogen-bond acceptors (Lipinski definition) is 3. The third-order valence-corrected chi connectivity index (χ3v) is 5.16. The molecule has 0 aliphatic carbocycles. The zero-order valence-corrected chi connectivity index (χ0v) is 17.5. The lowest BCUT2D eigenvalue weighted by Crippen LogP contribution is -2.09. The van der Waals surface area contributed by atoms with Crippen LogP contribution < -0.4 is 0 Å². The highest BCUT2D eigenvalue weighted by atomic mass is 16.4. The van der Waals surface area contributed by atoms with Gasteiger partial charge in [0.05, 0.1) is 11.9 Å². The number of imidazole rings is 1. The van der Waals surface area contributed by atoms with E-state index in [1.165, 1.54) is 0 Å². The number of carboxylic acids is 1. The molecule has 2 N–H and O–H groups in total. The van der Waals surface area contributed by atoms with Crippen molar-refractivity contribution in [2.75, 3.05) is 0 Å². The minimum Gasteiger partial charge on any atom is -0.508 e. The molecule has 30 heavy (non-hydrogen) atoms. The number of aliphatic carboxylic acids is 1. The first kappa shape index (κ1) is 21.4. The maximum atomic E-state index is 11.9. The van der Waals surface area contributed by atoms with Gasteiger partial charge in [0.15, 0.2) is 0 Å². The Morgan fingerprint density at radius 3 is 2.57 bits per heavy atom. The van der Waals surface area contributed by atoms with Crippen LogP contribution in [0.5, 0.6) is 5.75 Å². The molecule has 1 aromatic heterocycles. The van der Waals surface area contributed by atoms with Crippen molar-refractivity contribution in [2.24, 2.45) is 0 Å². The van der Waals surface area contributed by atoms with Gasteiger partial charge in [0.2, 0.25) is 0 Å². The van der Waals surface area contributed by atoms with Crippen LogP contribution in [0.3, 0.4) is 0 Å². The summed E-state index contributed by atoms with van der Waals surface area (Å²) < 4.78 is 2.08. The van der Waals surface area contributed by atoms with Crippen LogP contribution in [-0.4, -0.2) is 25.7 Å². The highest BCUT2D eigenvalue weighted by Crippen LogP contribution is 2.21. The number of phenolic OH excluding ortho intramolecular Hbond substituents is 1. The number of rotatable bonds is 9. The lowest BCUT2D eigenvalue weighted by molar-refractivity contribution is -0.132. The van der Waals surface area contributed by atoms with Gasteiger partial charge in [-0.3, -0.25) is 0 Å². The van der Waals surface area contributed by atoms with Crippen molar-refractivity contribution in [2.45, 2.75) is 46.1 Å². The fourth-order valence-electron chi connectivity index (χ4n) is 3.44. The summed E-state index contributed by atoms with van der Waals surface area (Å²) in [5.74, 6) is 0.284. The summed E-state index contributed by atoms with van der Waals surface area (Å²) in [6.45, 7) is 4.58. The zero-order chi connectivity index (χ0) is 21.5. The van der Waals surface area contributed by atoms with Gasteiger partial charge in [0.25, 0.3) is 0 Å². The van der Waals surface area contributed by atoms with Crippen molar-refractivity contribution in [1.82, 2.24) is 9.55 Å². The second-order valence-corrected chi connectivity index (χ2v) is 7.55. The van der Waals surface area contributed by atoms with Crippen LogP contribution in [0, 0.1) is 6.92 Å². The van der Waals surface area contributed by atoms with E-state index in [-0.39, 0.29) is 5.75 Å². The monoisotopic (exact) mass is 404 g/mol. The Labute approximate surface area is 177 Å². The van der Waals surface area contributed by atoms with Gasteiger partial charge in [-0.2, -0.15) is 0 Å². The van der Waals surface area contributed by atoms with Crippen LogP contribution in [0.25, 0.3) is 6.08 Å². The number of unbranched alkanes of at least 4 members (excludes halogenated alkanes) is 1. The fourth-order valence-corrected chi connectivity index (χ4v) is 3.44. The van der Waals surface area contributed by atoms with Gasteiger partial charge in [-0.25, -0.2) is 9.78 Å². The maximum absolute atomic E-state index is 11.9. The minimum absolute atomic E-state index is 0.270. The van der Waals surface area contributed by atoms with Crippen LogP contribution in [-0.2, 0) is 24.2 Å². The summed E-state index contributed by atoms with van der Waals surface area (Å²) >= 11 is 0. The molecule has 0 aliphatic heterocycles. The van der Waals surface area contributed by atoms with E-state index in [4.69, 9.17) is 0 Å². The summed E-state index contributed by atoms with van der Waals surface area (Å²) in [5, 5.41) is 19.6. The van der Waals surface area contributed by atoms with Crippen LogP contribution in [0.4, 0.5) is 0 Å². The molecular formula is C25H28N2O3. The first-order valence-electron chi connectivity index (χ1n) is 10.3. The lowest BCUT2D eigenvalue weighted by Gasteiger charge is -2.12. The van der Waals surface area contributed by atoms with E-state index in [0.29, 0.717) is 18.5 Å². The number of carboxylic acid groups (broad SMARTS) is 1. The molecule has 0 fully saturated rings. The molecule has 0 bridgehead atoms. The van der Waals surface area contributed by atoms with E-state index in [1.54, 1.807) is 18.3 Å². The normalized spacial score (nSPS) is 11.6. The van der Waals surface area contributed by atoms with Gasteiger partial charge in [-0.1, -0.05) is 55.8 Å². The molecule has 0 saturated heterocycles. The molecule has 1 heterocycles. The van der Waals surface area contributed by atoms with Crippen LogP contribution in [0.2, 0.25) is 0 Å². The fraction of sp³-hybridized carbons (Fsp3) is 0.280. The number of phenols is 1. The Hall–Kier alpha value is -3.34. The van der Waals surface area contributed by atoms with Gasteiger partial charge in [0, 0.05) is 25.0 Å². The summed E-state index contributed by atoms with van der Waals surface area (Å²) in [6, 6.07) is 15.1. The smallest absolute Gasteiger partial charge is 0.331 e. The number of aryl methyl sites for hydroxylation is 2. The molecule has 5 nitrogen and oxygen atoms in total. The summed E-state index contributed by atoms with van der Waals surface area (Å²) in [7, 11) is 0. The lowest BCUT2D eigenvalue weighted by atomic mass is 10.0. The van der Waals surface area contributed by atoms with Gasteiger partial charge < -0.3 is 14.8 Å². The van der Waals surface area contributed by atoms with E-state index >= 15 is 0 Å². The van der Waals surface area contributed by atoms with Crippen molar-refractivity contribution in [3.8, 4) is 5.75 Å². The van der Waals surface area contributed by atoms with Crippen molar-refractivity contribution in [3.63, 3.8) is 0 Å². The Morgan fingerprint density at radius 2 is 1.90 bits per heavy atom. The Balaban J connectivity index is 1.97. The molecule has 3 aromatic rings. The quantitative estimate of drug-likeness (QED) is 0.492. The number of nitrogens with zero attached hydrogens (tertiary/aromatic N) is 2. The van der Waals surface area contributed by atoms with Crippen molar-refractivity contribution in [3.05, 3.63) is 88.5 Å². The summed E-state index contributed by atoms with van der Waals surface area (Å²) in [4.78, 5) is 16.5. The Bertz CT molecular complexity index is 1040. The topological polar surface area (TPSA) is 75.3 Å².